The molecule has 0 radical (unpaired) electrons. The number of phenols is 1. The molecule has 0 aliphatic rings. The summed E-state index contributed by atoms with van der Waals surface area (Å²) in [6, 6.07) is 3.63. The maximum absolute atomic E-state index is 9.86. The standard InChI is InChI=1S/C15H26N2O3/c1-15(2,17(3)4)10-16-9-11-7-12(19-5)14(18)13(8-11)20-6/h7-8,16,18H,9-10H2,1-6H3. The maximum atomic E-state index is 9.86. The largest absolute Gasteiger partial charge is 0.502 e. The van der Waals surface area contributed by atoms with E-state index in [2.05, 4.69) is 38.2 Å². The smallest absolute Gasteiger partial charge is 0.200 e. The monoisotopic (exact) mass is 282 g/mol. The Hall–Kier alpha value is -1.46. The van der Waals surface area contributed by atoms with Crippen LogP contribution in [0.4, 0.5) is 0 Å². The molecule has 0 aliphatic heterocycles. The summed E-state index contributed by atoms with van der Waals surface area (Å²) in [5.74, 6) is 0.883. The number of aromatic hydroxyl groups is 1. The highest BCUT2D eigenvalue weighted by atomic mass is 16.5. The summed E-state index contributed by atoms with van der Waals surface area (Å²) in [6.45, 7) is 5.89. The van der Waals surface area contributed by atoms with Gasteiger partial charge in [0.2, 0.25) is 5.75 Å². The molecule has 20 heavy (non-hydrogen) atoms. The second kappa shape index (κ2) is 6.81. The van der Waals surface area contributed by atoms with Gasteiger partial charge in [-0.15, -0.1) is 0 Å². The minimum atomic E-state index is 0.0346. The van der Waals surface area contributed by atoms with Crippen LogP contribution in [0, 0.1) is 0 Å². The molecule has 0 saturated carbocycles. The van der Waals surface area contributed by atoms with Crippen LogP contribution in [0.2, 0.25) is 0 Å². The molecule has 0 atom stereocenters. The summed E-state index contributed by atoms with van der Waals surface area (Å²) in [6.07, 6.45) is 0. The van der Waals surface area contributed by atoms with Gasteiger partial charge in [-0.05, 0) is 45.6 Å². The van der Waals surface area contributed by atoms with E-state index in [-0.39, 0.29) is 11.3 Å². The van der Waals surface area contributed by atoms with Gasteiger partial charge in [-0.3, -0.25) is 0 Å². The highest BCUT2D eigenvalue weighted by Crippen LogP contribution is 2.37. The SMILES string of the molecule is COc1cc(CNCC(C)(C)N(C)C)cc(OC)c1O. The molecule has 0 amide bonds. The van der Waals surface area contributed by atoms with Gasteiger partial charge in [-0.2, -0.15) is 0 Å². The van der Waals surface area contributed by atoms with Crippen molar-refractivity contribution < 1.29 is 14.6 Å². The summed E-state index contributed by atoms with van der Waals surface area (Å²) in [4.78, 5) is 2.18. The van der Waals surface area contributed by atoms with Crippen LogP contribution >= 0.6 is 0 Å². The highest BCUT2D eigenvalue weighted by Gasteiger charge is 2.19. The molecule has 0 spiro atoms. The van der Waals surface area contributed by atoms with Gasteiger partial charge in [0.25, 0.3) is 0 Å². The van der Waals surface area contributed by atoms with Gasteiger partial charge in [-0.1, -0.05) is 0 Å². The van der Waals surface area contributed by atoms with Gasteiger partial charge >= 0.3 is 0 Å². The topological polar surface area (TPSA) is 54.0 Å². The molecular weight excluding hydrogens is 256 g/mol. The summed E-state index contributed by atoms with van der Waals surface area (Å²) in [5, 5.41) is 13.3. The van der Waals surface area contributed by atoms with E-state index in [1.165, 1.54) is 14.2 Å². The summed E-state index contributed by atoms with van der Waals surface area (Å²) < 4.78 is 10.3. The lowest BCUT2D eigenvalue weighted by molar-refractivity contribution is 0.189. The maximum Gasteiger partial charge on any atom is 0.200 e. The molecule has 0 bridgehead atoms. The predicted molar refractivity (Wildman–Crippen MR) is 80.7 cm³/mol. The Kier molecular flexibility index (Phi) is 5.65. The molecule has 1 rings (SSSR count). The Morgan fingerprint density at radius 1 is 1.15 bits per heavy atom. The Morgan fingerprint density at radius 2 is 1.65 bits per heavy atom. The Balaban J connectivity index is 2.74. The minimum Gasteiger partial charge on any atom is -0.502 e. The van der Waals surface area contributed by atoms with E-state index in [1.54, 1.807) is 0 Å². The average molecular weight is 282 g/mol. The van der Waals surface area contributed by atoms with Crippen LogP contribution < -0.4 is 14.8 Å². The van der Waals surface area contributed by atoms with Gasteiger partial charge in [0, 0.05) is 18.6 Å². The van der Waals surface area contributed by atoms with E-state index in [4.69, 9.17) is 9.47 Å². The lowest BCUT2D eigenvalue weighted by atomic mass is 10.0. The van der Waals surface area contributed by atoms with Gasteiger partial charge in [0.15, 0.2) is 11.5 Å². The van der Waals surface area contributed by atoms with Crippen LogP contribution in [0.25, 0.3) is 0 Å². The molecule has 1 aromatic carbocycles. The average Bonchev–Trinajstić information content (AvgIpc) is 2.39. The highest BCUT2D eigenvalue weighted by molar-refractivity contribution is 5.52. The van der Waals surface area contributed by atoms with Gasteiger partial charge in [0.05, 0.1) is 14.2 Å². The van der Waals surface area contributed by atoms with E-state index < -0.39 is 0 Å². The van der Waals surface area contributed by atoms with Crippen LogP contribution in [0.5, 0.6) is 17.2 Å². The van der Waals surface area contributed by atoms with E-state index >= 15 is 0 Å². The molecule has 0 aliphatic carbocycles. The minimum absolute atomic E-state index is 0.0346. The van der Waals surface area contributed by atoms with Crippen molar-refractivity contribution in [3.8, 4) is 17.2 Å². The first-order valence-corrected chi connectivity index (χ1v) is 6.64. The lowest BCUT2D eigenvalue weighted by Gasteiger charge is -2.32. The van der Waals surface area contributed by atoms with Gasteiger partial charge in [0.1, 0.15) is 0 Å². The van der Waals surface area contributed by atoms with Crippen LogP contribution in [0.15, 0.2) is 12.1 Å². The van der Waals surface area contributed by atoms with Crippen molar-refractivity contribution in [2.24, 2.45) is 0 Å². The normalized spacial score (nSPS) is 11.8. The molecular formula is C15H26N2O3. The molecule has 5 nitrogen and oxygen atoms in total. The van der Waals surface area contributed by atoms with Crippen molar-refractivity contribution in [2.75, 3.05) is 34.9 Å². The molecule has 0 unspecified atom stereocenters. The number of nitrogens with zero attached hydrogens (tertiary/aromatic N) is 1. The second-order valence-corrected chi connectivity index (χ2v) is 5.66. The number of rotatable bonds is 7. The van der Waals surface area contributed by atoms with E-state index in [0.29, 0.717) is 18.0 Å². The fourth-order valence-corrected chi connectivity index (χ4v) is 1.72. The predicted octanol–water partition coefficient (Wildman–Crippen LogP) is 1.84. The van der Waals surface area contributed by atoms with E-state index in [9.17, 15) is 5.11 Å². The fraction of sp³-hybridized carbons (Fsp3) is 0.600. The summed E-state index contributed by atoms with van der Waals surface area (Å²) >= 11 is 0. The van der Waals surface area contributed by atoms with Crippen LogP contribution in [-0.2, 0) is 6.54 Å². The number of benzene rings is 1. The summed E-state index contributed by atoms with van der Waals surface area (Å²) in [7, 11) is 7.18. The van der Waals surface area contributed by atoms with E-state index in [1.807, 2.05) is 12.1 Å². The lowest BCUT2D eigenvalue weighted by Crippen LogP contribution is -2.46. The molecule has 0 heterocycles. The summed E-state index contributed by atoms with van der Waals surface area (Å²) in [5.41, 5.74) is 1.08. The van der Waals surface area contributed by atoms with Crippen LogP contribution in [0.1, 0.15) is 19.4 Å². The van der Waals surface area contributed by atoms with Crippen LogP contribution in [0.3, 0.4) is 0 Å². The van der Waals surface area contributed by atoms with Crippen LogP contribution in [-0.4, -0.2) is 50.4 Å². The third kappa shape index (κ3) is 4.02. The van der Waals surface area contributed by atoms with E-state index in [0.717, 1.165) is 12.1 Å². The number of phenolic OH excluding ortho intramolecular Hbond substituents is 1. The zero-order chi connectivity index (χ0) is 15.3. The first kappa shape index (κ1) is 16.6. The number of ether oxygens (including phenoxy) is 2. The second-order valence-electron chi connectivity index (χ2n) is 5.66. The Bertz CT molecular complexity index is 420. The van der Waals surface area contributed by atoms with Crippen molar-refractivity contribution in [1.29, 1.82) is 0 Å². The molecule has 1 aromatic rings. The van der Waals surface area contributed by atoms with Crippen molar-refractivity contribution >= 4 is 0 Å². The molecule has 0 saturated heterocycles. The molecule has 0 fully saturated rings. The molecule has 0 aromatic heterocycles. The first-order chi connectivity index (χ1) is 9.31. The number of likely N-dealkylation sites (N-methyl/N-ethyl adjacent to an activating group) is 1. The van der Waals surface area contributed by atoms with Crippen molar-refractivity contribution in [2.45, 2.75) is 25.9 Å². The molecule has 114 valence electrons. The number of hydrogen-bond acceptors (Lipinski definition) is 5. The van der Waals surface area contributed by atoms with Crippen molar-refractivity contribution in [3.63, 3.8) is 0 Å². The third-order valence-corrected chi connectivity index (χ3v) is 3.64. The van der Waals surface area contributed by atoms with Crippen molar-refractivity contribution in [3.05, 3.63) is 17.7 Å². The Morgan fingerprint density at radius 3 is 2.05 bits per heavy atom. The zero-order valence-corrected chi connectivity index (χ0v) is 13.3. The number of hydrogen-bond donors (Lipinski definition) is 2. The quantitative estimate of drug-likeness (QED) is 0.799. The number of nitrogens with one attached hydrogen (secondary N) is 1. The third-order valence-electron chi connectivity index (χ3n) is 3.64. The Labute approximate surface area is 121 Å². The number of methoxy groups -OCH3 is 2. The zero-order valence-electron chi connectivity index (χ0n) is 13.3. The molecule has 5 heteroatoms. The molecule has 2 N–H and O–H groups in total. The van der Waals surface area contributed by atoms with Gasteiger partial charge in [-0.25, -0.2) is 0 Å². The van der Waals surface area contributed by atoms with Crippen molar-refractivity contribution in [1.82, 2.24) is 10.2 Å². The fourth-order valence-electron chi connectivity index (χ4n) is 1.72. The van der Waals surface area contributed by atoms with Gasteiger partial charge < -0.3 is 24.8 Å². The first-order valence-electron chi connectivity index (χ1n) is 6.64.